The van der Waals surface area contributed by atoms with Gasteiger partial charge in [-0.1, -0.05) is 0 Å². The minimum absolute atomic E-state index is 0. The number of nitrogens with two attached hydrogens (primary N) is 1. The fourth-order valence-electron chi connectivity index (χ4n) is 1.69. The molecule has 0 radical (unpaired) electrons. The molecule has 2 rings (SSSR count). The first-order valence-corrected chi connectivity index (χ1v) is 6.70. The average Bonchev–Trinajstić information content (AvgIpc) is 3.02. The van der Waals surface area contributed by atoms with Gasteiger partial charge in [0.25, 0.3) is 0 Å². The number of nitrogens with one attached hydrogen (secondary N) is 1. The second-order valence-corrected chi connectivity index (χ2v) is 5.33. The molecule has 1 unspecified atom stereocenters. The zero-order valence-electron chi connectivity index (χ0n) is 9.55. The number of nitrogens with zero attached hydrogens (tertiary/aromatic N) is 1. The molecule has 2 amide bonds. The fraction of sp³-hybridized carbons (Fsp3) is 0.800. The Morgan fingerprint density at radius 3 is 2.82 bits per heavy atom. The van der Waals surface area contributed by atoms with Crippen molar-refractivity contribution >= 4 is 36.0 Å². The molecule has 1 saturated heterocycles. The topological polar surface area (TPSA) is 75.4 Å². The molecule has 2 aliphatic rings. The van der Waals surface area contributed by atoms with Gasteiger partial charge in [0.15, 0.2) is 0 Å². The van der Waals surface area contributed by atoms with Gasteiger partial charge >= 0.3 is 0 Å². The van der Waals surface area contributed by atoms with Crippen molar-refractivity contribution in [2.45, 2.75) is 18.9 Å². The van der Waals surface area contributed by atoms with Gasteiger partial charge in [0.1, 0.15) is 6.54 Å². The molecule has 1 aliphatic heterocycles. The van der Waals surface area contributed by atoms with E-state index < -0.39 is 0 Å². The number of carbonyl (C=O) groups is 2. The summed E-state index contributed by atoms with van der Waals surface area (Å²) in [5.74, 6) is 1.65. The van der Waals surface area contributed by atoms with Crippen LogP contribution in [0, 0.1) is 5.92 Å². The van der Waals surface area contributed by atoms with Gasteiger partial charge in [-0.05, 0) is 18.8 Å². The van der Waals surface area contributed by atoms with E-state index in [1.165, 1.54) is 12.8 Å². The normalized spacial score (nSPS) is 21.0. The molecule has 17 heavy (non-hydrogen) atoms. The number of thioether (sulfide) groups is 1. The molecule has 2 fully saturated rings. The van der Waals surface area contributed by atoms with E-state index in [0.717, 1.165) is 0 Å². The van der Waals surface area contributed by atoms with Crippen molar-refractivity contribution in [3.8, 4) is 0 Å². The van der Waals surface area contributed by atoms with Crippen LogP contribution >= 0.6 is 24.2 Å². The number of amides is 2. The van der Waals surface area contributed by atoms with E-state index in [1.54, 1.807) is 16.7 Å². The largest absolute Gasteiger partial charge is 0.353 e. The summed E-state index contributed by atoms with van der Waals surface area (Å²) in [4.78, 5) is 24.4. The van der Waals surface area contributed by atoms with Crippen LogP contribution < -0.4 is 11.1 Å². The summed E-state index contributed by atoms with van der Waals surface area (Å²) in [5.41, 5.74) is 5.86. The summed E-state index contributed by atoms with van der Waals surface area (Å²) < 4.78 is 0. The molecule has 1 heterocycles. The molecular weight excluding hydrogens is 262 g/mol. The zero-order chi connectivity index (χ0) is 11.5. The van der Waals surface area contributed by atoms with Crippen molar-refractivity contribution in [3.63, 3.8) is 0 Å². The predicted molar refractivity (Wildman–Crippen MR) is 70.0 cm³/mol. The van der Waals surface area contributed by atoms with Gasteiger partial charge in [-0.25, -0.2) is 0 Å². The zero-order valence-corrected chi connectivity index (χ0v) is 11.2. The molecule has 0 aromatic heterocycles. The van der Waals surface area contributed by atoms with Crippen LogP contribution in [0.1, 0.15) is 12.8 Å². The molecule has 7 heteroatoms. The molecule has 0 aromatic rings. The molecule has 1 aliphatic carbocycles. The Hall–Kier alpha value is -0.460. The lowest BCUT2D eigenvalue weighted by Gasteiger charge is -2.16. The van der Waals surface area contributed by atoms with Gasteiger partial charge in [-0.15, -0.1) is 24.2 Å². The van der Waals surface area contributed by atoms with Gasteiger partial charge in [-0.3, -0.25) is 9.59 Å². The maximum atomic E-state index is 11.5. The van der Waals surface area contributed by atoms with Crippen LogP contribution in [0.15, 0.2) is 0 Å². The average molecular weight is 280 g/mol. The molecule has 3 N–H and O–H groups in total. The lowest BCUT2D eigenvalue weighted by atomic mass is 10.2. The molecule has 0 aromatic carbocycles. The highest BCUT2D eigenvalue weighted by Gasteiger charge is 2.29. The first-order valence-electron chi connectivity index (χ1n) is 5.54. The second kappa shape index (κ2) is 6.47. The maximum Gasteiger partial charge on any atom is 0.239 e. The number of halogens is 1. The third-order valence-electron chi connectivity index (χ3n) is 2.92. The van der Waals surface area contributed by atoms with Crippen LogP contribution in [0.4, 0.5) is 0 Å². The minimum atomic E-state index is -0.105. The Balaban J connectivity index is 0.00000144. The number of hydrogen-bond acceptors (Lipinski definition) is 4. The van der Waals surface area contributed by atoms with Crippen LogP contribution in [0.3, 0.4) is 0 Å². The van der Waals surface area contributed by atoms with E-state index in [2.05, 4.69) is 5.32 Å². The lowest BCUT2D eigenvalue weighted by molar-refractivity contribution is -0.132. The monoisotopic (exact) mass is 279 g/mol. The predicted octanol–water partition coefficient (Wildman–Crippen LogP) is -0.205. The molecule has 98 valence electrons. The summed E-state index contributed by atoms with van der Waals surface area (Å²) in [5, 5.41) is 2.78. The van der Waals surface area contributed by atoms with Crippen molar-refractivity contribution in [3.05, 3.63) is 0 Å². The van der Waals surface area contributed by atoms with Crippen molar-refractivity contribution in [1.82, 2.24) is 10.2 Å². The van der Waals surface area contributed by atoms with Crippen molar-refractivity contribution in [2.24, 2.45) is 11.7 Å². The minimum Gasteiger partial charge on any atom is -0.353 e. The third kappa shape index (κ3) is 4.37. The number of rotatable bonds is 5. The Morgan fingerprint density at radius 2 is 2.29 bits per heavy atom. The smallest absolute Gasteiger partial charge is 0.239 e. The molecule has 1 saturated carbocycles. The van der Waals surface area contributed by atoms with Gasteiger partial charge < -0.3 is 16.0 Å². The SMILES string of the molecule is Cl.NC(CNC(=O)CN1CSCC1=O)C1CC1. The Labute approximate surface area is 111 Å². The second-order valence-electron chi connectivity index (χ2n) is 4.37. The Bertz CT molecular complexity index is 299. The summed E-state index contributed by atoms with van der Waals surface area (Å²) >= 11 is 1.54. The van der Waals surface area contributed by atoms with Crippen LogP contribution in [-0.2, 0) is 9.59 Å². The molecule has 1 atom stereocenters. The first-order chi connectivity index (χ1) is 7.66. The van der Waals surface area contributed by atoms with E-state index in [0.29, 0.717) is 24.1 Å². The maximum absolute atomic E-state index is 11.5. The van der Waals surface area contributed by atoms with E-state index in [9.17, 15) is 9.59 Å². The highest BCUT2D eigenvalue weighted by atomic mass is 35.5. The first kappa shape index (κ1) is 14.6. The number of carbonyl (C=O) groups excluding carboxylic acids is 2. The summed E-state index contributed by atoms with van der Waals surface area (Å²) in [6, 6.07) is 0.0765. The summed E-state index contributed by atoms with van der Waals surface area (Å²) in [7, 11) is 0. The highest BCUT2D eigenvalue weighted by molar-refractivity contribution is 8.00. The van der Waals surface area contributed by atoms with Crippen molar-refractivity contribution < 1.29 is 9.59 Å². The highest BCUT2D eigenvalue weighted by Crippen LogP contribution is 2.31. The Kier molecular flexibility index (Phi) is 5.55. The van der Waals surface area contributed by atoms with Crippen LogP contribution in [0.2, 0.25) is 0 Å². The summed E-state index contributed by atoms with van der Waals surface area (Å²) in [6.07, 6.45) is 2.36. The van der Waals surface area contributed by atoms with Crippen LogP contribution in [-0.4, -0.2) is 47.5 Å². The van der Waals surface area contributed by atoms with E-state index >= 15 is 0 Å². The molecule has 5 nitrogen and oxygen atoms in total. The van der Waals surface area contributed by atoms with E-state index in [4.69, 9.17) is 5.73 Å². The Morgan fingerprint density at radius 1 is 1.59 bits per heavy atom. The molecule has 0 bridgehead atoms. The molecular formula is C10H18ClN3O2S. The standard InChI is InChI=1S/C10H17N3O2S.ClH/c11-8(7-1-2-7)3-12-9(14)4-13-6-16-5-10(13)15;/h7-8H,1-6,11H2,(H,12,14);1H. The van der Waals surface area contributed by atoms with E-state index in [-0.39, 0.29) is 36.8 Å². The number of hydrogen-bond donors (Lipinski definition) is 2. The van der Waals surface area contributed by atoms with Crippen LogP contribution in [0.25, 0.3) is 0 Å². The summed E-state index contributed by atoms with van der Waals surface area (Å²) in [6.45, 7) is 0.696. The fourth-order valence-corrected chi connectivity index (χ4v) is 2.60. The van der Waals surface area contributed by atoms with E-state index in [1.807, 2.05) is 0 Å². The van der Waals surface area contributed by atoms with Crippen LogP contribution in [0.5, 0.6) is 0 Å². The third-order valence-corrected chi connectivity index (χ3v) is 3.87. The van der Waals surface area contributed by atoms with Gasteiger partial charge in [0.2, 0.25) is 11.8 Å². The quantitative estimate of drug-likeness (QED) is 0.731. The lowest BCUT2D eigenvalue weighted by Crippen LogP contribution is -2.43. The van der Waals surface area contributed by atoms with Gasteiger partial charge in [0, 0.05) is 12.6 Å². The van der Waals surface area contributed by atoms with Crippen molar-refractivity contribution in [2.75, 3.05) is 24.7 Å². The van der Waals surface area contributed by atoms with Gasteiger partial charge in [0.05, 0.1) is 11.6 Å². The van der Waals surface area contributed by atoms with Crippen molar-refractivity contribution in [1.29, 1.82) is 0 Å². The molecule has 0 spiro atoms. The van der Waals surface area contributed by atoms with Gasteiger partial charge in [-0.2, -0.15) is 0 Å².